The molecule has 0 unspecified atom stereocenters. The first-order valence-electron chi connectivity index (χ1n) is 8.83. The maximum absolute atomic E-state index is 13.0. The normalized spacial score (nSPS) is 16.9. The Morgan fingerprint density at radius 3 is 2.79 bits per heavy atom. The molecule has 1 aromatic carbocycles. The quantitative estimate of drug-likeness (QED) is 0.848. The summed E-state index contributed by atoms with van der Waals surface area (Å²) in [5.74, 6) is 1.46. The number of H-pyrrole nitrogens is 1. The first kappa shape index (κ1) is 15.2. The number of para-hydroxylation sites is 1. The summed E-state index contributed by atoms with van der Waals surface area (Å²) in [6, 6.07) is 10.2. The van der Waals surface area contributed by atoms with Crippen LogP contribution in [-0.2, 0) is 6.54 Å². The highest BCUT2D eigenvalue weighted by molar-refractivity contribution is 5.92. The SMILES string of the molecule is CCOc1ccccc1CN(C(=O)c1cc(C2CC2)[nH]n1)C1CC1. The standard InChI is InChI=1S/C19H23N3O2/c1-2-24-18-6-4-3-5-14(18)12-22(15-9-10-15)19(23)17-11-16(20-21-17)13-7-8-13/h3-6,11,13,15H,2,7-10,12H2,1H3,(H,20,21). The van der Waals surface area contributed by atoms with E-state index in [1.54, 1.807) is 0 Å². The summed E-state index contributed by atoms with van der Waals surface area (Å²) >= 11 is 0. The third kappa shape index (κ3) is 3.16. The smallest absolute Gasteiger partial charge is 0.274 e. The van der Waals surface area contributed by atoms with E-state index in [2.05, 4.69) is 10.2 Å². The van der Waals surface area contributed by atoms with E-state index in [1.807, 2.05) is 42.2 Å². The number of carbonyl (C=O) groups is 1. The molecule has 0 radical (unpaired) electrons. The van der Waals surface area contributed by atoms with Crippen LogP contribution < -0.4 is 4.74 Å². The Balaban J connectivity index is 1.54. The zero-order chi connectivity index (χ0) is 16.5. The fraction of sp³-hybridized carbons (Fsp3) is 0.474. The predicted octanol–water partition coefficient (Wildman–Crippen LogP) is 3.49. The second-order valence-electron chi connectivity index (χ2n) is 6.69. The first-order valence-corrected chi connectivity index (χ1v) is 8.83. The molecule has 2 fully saturated rings. The van der Waals surface area contributed by atoms with Crippen molar-refractivity contribution in [3.8, 4) is 5.75 Å². The lowest BCUT2D eigenvalue weighted by molar-refractivity contribution is 0.0722. The maximum atomic E-state index is 13.0. The van der Waals surface area contributed by atoms with Crippen LogP contribution in [0.4, 0.5) is 0 Å². The molecule has 1 heterocycles. The Labute approximate surface area is 142 Å². The van der Waals surface area contributed by atoms with Gasteiger partial charge in [0, 0.05) is 29.8 Å². The molecule has 2 saturated carbocycles. The van der Waals surface area contributed by atoms with Crippen molar-refractivity contribution >= 4 is 5.91 Å². The van der Waals surface area contributed by atoms with Crippen molar-refractivity contribution in [3.63, 3.8) is 0 Å². The molecule has 2 aliphatic rings. The number of ether oxygens (including phenoxy) is 1. The third-order valence-corrected chi connectivity index (χ3v) is 4.70. The molecular weight excluding hydrogens is 302 g/mol. The number of benzene rings is 1. The molecule has 4 rings (SSSR count). The molecule has 0 atom stereocenters. The van der Waals surface area contributed by atoms with E-state index in [1.165, 1.54) is 12.8 Å². The second kappa shape index (κ2) is 6.30. The van der Waals surface area contributed by atoms with Gasteiger partial charge in [0.05, 0.1) is 6.61 Å². The molecule has 5 nitrogen and oxygen atoms in total. The van der Waals surface area contributed by atoms with Gasteiger partial charge < -0.3 is 9.64 Å². The summed E-state index contributed by atoms with van der Waals surface area (Å²) in [6.07, 6.45) is 4.54. The first-order chi connectivity index (χ1) is 11.8. The number of hydrogen-bond donors (Lipinski definition) is 1. The van der Waals surface area contributed by atoms with E-state index in [0.717, 1.165) is 29.8 Å². The summed E-state index contributed by atoms with van der Waals surface area (Å²) < 4.78 is 5.71. The lowest BCUT2D eigenvalue weighted by Gasteiger charge is -2.23. The molecule has 24 heavy (non-hydrogen) atoms. The van der Waals surface area contributed by atoms with Crippen LogP contribution in [0.5, 0.6) is 5.75 Å². The van der Waals surface area contributed by atoms with Crippen LogP contribution in [-0.4, -0.2) is 33.7 Å². The van der Waals surface area contributed by atoms with Crippen molar-refractivity contribution in [3.05, 3.63) is 47.3 Å². The van der Waals surface area contributed by atoms with Crippen molar-refractivity contribution in [1.29, 1.82) is 0 Å². The molecular formula is C19H23N3O2. The molecule has 0 aliphatic heterocycles. The van der Waals surface area contributed by atoms with Gasteiger partial charge in [0.1, 0.15) is 11.4 Å². The zero-order valence-corrected chi connectivity index (χ0v) is 14.0. The van der Waals surface area contributed by atoms with E-state index in [-0.39, 0.29) is 5.91 Å². The third-order valence-electron chi connectivity index (χ3n) is 4.70. The zero-order valence-electron chi connectivity index (χ0n) is 14.0. The molecule has 1 N–H and O–H groups in total. The maximum Gasteiger partial charge on any atom is 0.274 e. The van der Waals surface area contributed by atoms with Gasteiger partial charge in [0.25, 0.3) is 5.91 Å². The summed E-state index contributed by atoms with van der Waals surface area (Å²) in [5, 5.41) is 7.30. The van der Waals surface area contributed by atoms with Gasteiger partial charge in [-0.25, -0.2) is 0 Å². The van der Waals surface area contributed by atoms with E-state index in [0.29, 0.717) is 30.8 Å². The van der Waals surface area contributed by atoms with E-state index in [9.17, 15) is 4.79 Å². The van der Waals surface area contributed by atoms with Gasteiger partial charge in [-0.15, -0.1) is 0 Å². The van der Waals surface area contributed by atoms with E-state index < -0.39 is 0 Å². The molecule has 5 heteroatoms. The van der Waals surface area contributed by atoms with Crippen molar-refractivity contribution in [2.75, 3.05) is 6.61 Å². The number of carbonyl (C=O) groups excluding carboxylic acids is 1. The molecule has 0 saturated heterocycles. The number of amides is 1. The topological polar surface area (TPSA) is 58.2 Å². The number of nitrogens with zero attached hydrogens (tertiary/aromatic N) is 2. The van der Waals surface area contributed by atoms with Crippen LogP contribution in [0.15, 0.2) is 30.3 Å². The van der Waals surface area contributed by atoms with E-state index >= 15 is 0 Å². The highest BCUT2D eigenvalue weighted by Crippen LogP contribution is 2.39. The minimum absolute atomic E-state index is 0.0203. The molecule has 2 aromatic rings. The Hall–Kier alpha value is -2.30. The van der Waals surface area contributed by atoms with Crippen molar-refractivity contribution < 1.29 is 9.53 Å². The Kier molecular flexibility index (Phi) is 4.00. The van der Waals surface area contributed by atoms with Crippen LogP contribution in [0, 0.1) is 0 Å². The molecule has 1 aromatic heterocycles. The number of aromatic nitrogens is 2. The summed E-state index contributed by atoms with van der Waals surface area (Å²) in [6.45, 7) is 3.17. The van der Waals surface area contributed by atoms with Crippen LogP contribution >= 0.6 is 0 Å². The average Bonchev–Trinajstić information content (AvgIpc) is 3.53. The van der Waals surface area contributed by atoms with Crippen LogP contribution in [0.3, 0.4) is 0 Å². The molecule has 1 amide bonds. The van der Waals surface area contributed by atoms with Crippen LogP contribution in [0.25, 0.3) is 0 Å². The summed E-state index contributed by atoms with van der Waals surface area (Å²) in [7, 11) is 0. The number of hydrogen-bond acceptors (Lipinski definition) is 3. The molecule has 0 bridgehead atoms. The van der Waals surface area contributed by atoms with Crippen LogP contribution in [0.2, 0.25) is 0 Å². The summed E-state index contributed by atoms with van der Waals surface area (Å²) in [5.41, 5.74) is 2.69. The van der Waals surface area contributed by atoms with Crippen molar-refractivity contribution in [1.82, 2.24) is 15.1 Å². The lowest BCUT2D eigenvalue weighted by atomic mass is 10.1. The Morgan fingerprint density at radius 1 is 1.29 bits per heavy atom. The fourth-order valence-electron chi connectivity index (χ4n) is 3.06. The van der Waals surface area contributed by atoms with Crippen molar-refractivity contribution in [2.24, 2.45) is 0 Å². The number of aromatic amines is 1. The molecule has 0 spiro atoms. The van der Waals surface area contributed by atoms with Gasteiger partial charge in [-0.1, -0.05) is 18.2 Å². The second-order valence-corrected chi connectivity index (χ2v) is 6.69. The largest absolute Gasteiger partial charge is 0.494 e. The van der Waals surface area contributed by atoms with Crippen molar-refractivity contribution in [2.45, 2.75) is 51.1 Å². The molecule has 126 valence electrons. The predicted molar refractivity (Wildman–Crippen MR) is 91.1 cm³/mol. The van der Waals surface area contributed by atoms with Gasteiger partial charge in [-0.05, 0) is 44.7 Å². The Bertz CT molecular complexity index is 732. The fourth-order valence-corrected chi connectivity index (χ4v) is 3.06. The summed E-state index contributed by atoms with van der Waals surface area (Å²) in [4.78, 5) is 14.9. The van der Waals surface area contributed by atoms with Gasteiger partial charge in [-0.3, -0.25) is 9.89 Å². The van der Waals surface area contributed by atoms with Gasteiger partial charge >= 0.3 is 0 Å². The number of nitrogens with one attached hydrogen (secondary N) is 1. The minimum Gasteiger partial charge on any atom is -0.494 e. The lowest BCUT2D eigenvalue weighted by Crippen LogP contribution is -2.33. The monoisotopic (exact) mass is 325 g/mol. The Morgan fingerprint density at radius 2 is 2.08 bits per heavy atom. The number of rotatable bonds is 7. The average molecular weight is 325 g/mol. The highest BCUT2D eigenvalue weighted by atomic mass is 16.5. The van der Waals surface area contributed by atoms with Crippen LogP contribution in [0.1, 0.15) is 60.3 Å². The van der Waals surface area contributed by atoms with Gasteiger partial charge in [0.15, 0.2) is 0 Å². The highest BCUT2D eigenvalue weighted by Gasteiger charge is 2.35. The van der Waals surface area contributed by atoms with Gasteiger partial charge in [-0.2, -0.15) is 5.10 Å². The van der Waals surface area contributed by atoms with E-state index in [4.69, 9.17) is 4.74 Å². The molecule has 2 aliphatic carbocycles. The van der Waals surface area contributed by atoms with Gasteiger partial charge in [0.2, 0.25) is 0 Å². The minimum atomic E-state index is 0.0203.